The molecule has 1 atom stereocenters. The number of imide groups is 1. The summed E-state index contributed by atoms with van der Waals surface area (Å²) in [4.78, 5) is 28.5. The van der Waals surface area contributed by atoms with Gasteiger partial charge < -0.3 is 5.32 Å². The van der Waals surface area contributed by atoms with Crippen molar-refractivity contribution in [2.24, 2.45) is 0 Å². The van der Waals surface area contributed by atoms with Crippen molar-refractivity contribution in [1.29, 1.82) is 0 Å². The molecule has 0 spiro atoms. The van der Waals surface area contributed by atoms with Gasteiger partial charge in [-0.2, -0.15) is 13.2 Å². The molecule has 5 nitrogen and oxygen atoms in total. The van der Waals surface area contributed by atoms with Crippen molar-refractivity contribution >= 4 is 11.9 Å². The second kappa shape index (κ2) is 7.95. The monoisotopic (exact) mass is 395 g/mol. The zero-order valence-corrected chi connectivity index (χ0v) is 14.6. The number of pyridine rings is 1. The van der Waals surface area contributed by atoms with Crippen LogP contribution in [0.3, 0.4) is 0 Å². The first kappa shape index (κ1) is 19.8. The van der Waals surface area contributed by atoms with Gasteiger partial charge in [-0.05, 0) is 37.5 Å². The van der Waals surface area contributed by atoms with Crippen molar-refractivity contribution in [3.05, 3.63) is 65.2 Å². The van der Waals surface area contributed by atoms with Crippen molar-refractivity contribution in [3.8, 4) is 0 Å². The molecule has 28 heavy (non-hydrogen) atoms. The highest BCUT2D eigenvalue weighted by Crippen LogP contribution is 2.32. The van der Waals surface area contributed by atoms with E-state index >= 15 is 0 Å². The molecule has 1 fully saturated rings. The molecule has 0 radical (unpaired) electrons. The Labute approximate surface area is 158 Å². The molecule has 3 rings (SSSR count). The second-order valence-electron chi connectivity index (χ2n) is 6.51. The van der Waals surface area contributed by atoms with Gasteiger partial charge in [0.1, 0.15) is 11.7 Å². The van der Waals surface area contributed by atoms with E-state index in [9.17, 15) is 27.2 Å². The molecule has 1 unspecified atom stereocenters. The van der Waals surface area contributed by atoms with E-state index < -0.39 is 35.4 Å². The Morgan fingerprint density at radius 2 is 1.86 bits per heavy atom. The van der Waals surface area contributed by atoms with E-state index in [0.29, 0.717) is 6.07 Å². The molecule has 0 aliphatic heterocycles. The molecule has 0 saturated heterocycles. The number of halogens is 4. The van der Waals surface area contributed by atoms with Crippen LogP contribution in [0.2, 0.25) is 0 Å². The molecule has 1 aliphatic rings. The number of carbonyl (C=O) groups is 2. The van der Waals surface area contributed by atoms with E-state index in [2.05, 4.69) is 15.6 Å². The van der Waals surface area contributed by atoms with E-state index in [1.807, 2.05) is 0 Å². The van der Waals surface area contributed by atoms with Crippen molar-refractivity contribution < 1.29 is 27.2 Å². The fourth-order valence-electron chi connectivity index (χ4n) is 2.88. The predicted octanol–water partition coefficient (Wildman–Crippen LogP) is 3.75. The van der Waals surface area contributed by atoms with Crippen molar-refractivity contribution in [1.82, 2.24) is 15.6 Å². The summed E-state index contributed by atoms with van der Waals surface area (Å²) in [6.45, 7) is 0. The molecule has 1 saturated carbocycles. The number of aromatic nitrogens is 1. The number of amides is 3. The lowest BCUT2D eigenvalue weighted by molar-refractivity contribution is -0.137. The first-order valence-corrected chi connectivity index (χ1v) is 8.64. The summed E-state index contributed by atoms with van der Waals surface area (Å²) in [5.74, 6) is -3.27. The van der Waals surface area contributed by atoms with Crippen LogP contribution in [0.25, 0.3) is 0 Å². The largest absolute Gasteiger partial charge is 0.416 e. The molecule has 2 aromatic rings. The van der Waals surface area contributed by atoms with Crippen molar-refractivity contribution in [2.45, 2.75) is 37.4 Å². The number of nitrogens with zero attached hydrogens (tertiary/aromatic N) is 1. The molecule has 0 bridgehead atoms. The molecule has 1 aromatic carbocycles. The van der Waals surface area contributed by atoms with Gasteiger partial charge in [0.05, 0.1) is 11.3 Å². The SMILES string of the molecule is O=C(NC(=O)C(c1cc(C(F)(F)F)ccn1)c1ccccc1F)NC1CCC1. The third-order valence-corrected chi connectivity index (χ3v) is 4.56. The molecular formula is C19H17F4N3O2. The maximum atomic E-state index is 14.3. The summed E-state index contributed by atoms with van der Waals surface area (Å²) in [5.41, 5.74) is -1.51. The molecule has 2 N–H and O–H groups in total. The van der Waals surface area contributed by atoms with Crippen LogP contribution in [0.5, 0.6) is 0 Å². The number of hydrogen-bond acceptors (Lipinski definition) is 3. The third-order valence-electron chi connectivity index (χ3n) is 4.56. The van der Waals surface area contributed by atoms with Gasteiger partial charge in [0.25, 0.3) is 0 Å². The Hall–Kier alpha value is -2.97. The number of carbonyl (C=O) groups excluding carboxylic acids is 2. The van der Waals surface area contributed by atoms with Gasteiger partial charge in [-0.3, -0.25) is 15.1 Å². The number of nitrogens with one attached hydrogen (secondary N) is 2. The van der Waals surface area contributed by atoms with Crippen LogP contribution in [0.4, 0.5) is 22.4 Å². The number of rotatable bonds is 4. The molecule has 1 aliphatic carbocycles. The minimum absolute atomic E-state index is 0.0496. The first-order valence-electron chi connectivity index (χ1n) is 8.64. The van der Waals surface area contributed by atoms with E-state index in [1.54, 1.807) is 0 Å². The summed E-state index contributed by atoms with van der Waals surface area (Å²) in [6.07, 6.45) is -1.23. The highest BCUT2D eigenvalue weighted by atomic mass is 19.4. The zero-order valence-electron chi connectivity index (χ0n) is 14.6. The van der Waals surface area contributed by atoms with Crippen LogP contribution >= 0.6 is 0 Å². The van der Waals surface area contributed by atoms with E-state index in [1.165, 1.54) is 18.2 Å². The molecule has 148 valence electrons. The number of alkyl halides is 3. The lowest BCUT2D eigenvalue weighted by Crippen LogP contribution is -2.48. The average Bonchev–Trinajstić information content (AvgIpc) is 2.60. The zero-order chi connectivity index (χ0) is 20.3. The van der Waals surface area contributed by atoms with Gasteiger partial charge in [-0.25, -0.2) is 9.18 Å². The van der Waals surface area contributed by atoms with Crippen LogP contribution in [0.1, 0.15) is 42.0 Å². The summed E-state index contributed by atoms with van der Waals surface area (Å²) >= 11 is 0. The van der Waals surface area contributed by atoms with E-state index in [0.717, 1.165) is 37.6 Å². The summed E-state index contributed by atoms with van der Waals surface area (Å²) in [7, 11) is 0. The highest BCUT2D eigenvalue weighted by Gasteiger charge is 2.34. The van der Waals surface area contributed by atoms with Gasteiger partial charge in [-0.1, -0.05) is 18.2 Å². The third kappa shape index (κ3) is 4.47. The van der Waals surface area contributed by atoms with Gasteiger partial charge in [0, 0.05) is 17.8 Å². The van der Waals surface area contributed by atoms with Crippen LogP contribution in [0.15, 0.2) is 42.6 Å². The first-order chi connectivity index (χ1) is 13.3. The second-order valence-corrected chi connectivity index (χ2v) is 6.51. The summed E-state index contributed by atoms with van der Waals surface area (Å²) < 4.78 is 53.4. The van der Waals surface area contributed by atoms with Gasteiger partial charge in [0.2, 0.25) is 5.91 Å². The van der Waals surface area contributed by atoms with Crippen LogP contribution in [-0.4, -0.2) is 23.0 Å². The molecule has 3 amide bonds. The topological polar surface area (TPSA) is 71.1 Å². The molecule has 1 heterocycles. The highest BCUT2D eigenvalue weighted by molar-refractivity contribution is 5.99. The standard InChI is InChI=1S/C19H17F4N3O2/c20-14-7-2-1-6-13(14)16(15-10-11(8-9-24-15)19(21,22)23)17(27)26-18(28)25-12-4-3-5-12/h1-2,6-10,12,16H,3-5H2,(H2,25,26,27,28). The number of hydrogen-bond donors (Lipinski definition) is 2. The fourth-order valence-corrected chi connectivity index (χ4v) is 2.88. The smallest absolute Gasteiger partial charge is 0.335 e. The predicted molar refractivity (Wildman–Crippen MR) is 91.8 cm³/mol. The average molecular weight is 395 g/mol. The summed E-state index contributed by atoms with van der Waals surface area (Å²) in [5, 5.41) is 4.67. The molecule has 9 heteroatoms. The van der Waals surface area contributed by atoms with E-state index in [-0.39, 0.29) is 17.3 Å². The quantitative estimate of drug-likeness (QED) is 0.775. The Bertz CT molecular complexity index is 881. The summed E-state index contributed by atoms with van der Waals surface area (Å²) in [6, 6.07) is 5.79. The minimum Gasteiger partial charge on any atom is -0.335 e. The number of urea groups is 1. The normalized spacial score (nSPS) is 15.4. The Kier molecular flexibility index (Phi) is 5.62. The van der Waals surface area contributed by atoms with Crippen LogP contribution in [0, 0.1) is 5.82 Å². The maximum Gasteiger partial charge on any atom is 0.416 e. The maximum absolute atomic E-state index is 14.3. The number of benzene rings is 1. The lowest BCUT2D eigenvalue weighted by Gasteiger charge is -2.26. The van der Waals surface area contributed by atoms with Gasteiger partial charge in [0.15, 0.2) is 0 Å². The van der Waals surface area contributed by atoms with Crippen LogP contribution in [-0.2, 0) is 11.0 Å². The van der Waals surface area contributed by atoms with Gasteiger partial charge >= 0.3 is 12.2 Å². The Morgan fingerprint density at radius 1 is 1.14 bits per heavy atom. The van der Waals surface area contributed by atoms with E-state index in [4.69, 9.17) is 0 Å². The van der Waals surface area contributed by atoms with Crippen molar-refractivity contribution in [3.63, 3.8) is 0 Å². The molecule has 1 aromatic heterocycles. The van der Waals surface area contributed by atoms with Crippen LogP contribution < -0.4 is 10.6 Å². The van der Waals surface area contributed by atoms with Gasteiger partial charge in [-0.15, -0.1) is 0 Å². The molecular weight excluding hydrogens is 378 g/mol. The van der Waals surface area contributed by atoms with Crippen molar-refractivity contribution in [2.75, 3.05) is 0 Å². The fraction of sp³-hybridized carbons (Fsp3) is 0.316. The Balaban J connectivity index is 1.93. The Morgan fingerprint density at radius 3 is 2.46 bits per heavy atom. The lowest BCUT2D eigenvalue weighted by atomic mass is 9.92. The minimum atomic E-state index is -4.66.